The number of hydrogen-bond acceptors (Lipinski definition) is 1. The lowest BCUT2D eigenvalue weighted by Crippen LogP contribution is -2.39. The van der Waals surface area contributed by atoms with E-state index in [0.717, 1.165) is 24.2 Å². The fourth-order valence-corrected chi connectivity index (χ4v) is 4.53. The van der Waals surface area contributed by atoms with Crippen molar-refractivity contribution in [1.29, 1.82) is 0 Å². The summed E-state index contributed by atoms with van der Waals surface area (Å²) in [5.41, 5.74) is 4.86. The minimum Gasteiger partial charge on any atom is -0.678 e. The zero-order valence-corrected chi connectivity index (χ0v) is 13.5. The van der Waals surface area contributed by atoms with Crippen LogP contribution in [0.5, 0.6) is 0 Å². The van der Waals surface area contributed by atoms with E-state index >= 15 is 0 Å². The average molecular weight is 302 g/mol. The molecule has 2 heteroatoms. The average Bonchev–Trinajstić information content (AvgIpc) is 2.93. The maximum absolute atomic E-state index is 6.32. The third-order valence-electron chi connectivity index (χ3n) is 5.64. The molecule has 5 rings (SSSR count). The van der Waals surface area contributed by atoms with Crippen LogP contribution in [0.15, 0.2) is 58.2 Å². The van der Waals surface area contributed by atoms with E-state index in [4.69, 9.17) is 9.73 Å². The van der Waals surface area contributed by atoms with Gasteiger partial charge >= 0.3 is 0 Å². The van der Waals surface area contributed by atoms with Crippen molar-refractivity contribution in [2.45, 2.75) is 38.6 Å². The topological polar surface area (TPSA) is 27.2 Å². The summed E-state index contributed by atoms with van der Waals surface area (Å²) in [5.74, 6) is 1.38. The van der Waals surface area contributed by atoms with E-state index in [2.05, 4.69) is 56.4 Å². The minimum absolute atomic E-state index is 0.0338. The molecule has 1 fully saturated rings. The van der Waals surface area contributed by atoms with Gasteiger partial charge < -0.3 is 9.73 Å². The second-order valence-electron chi connectivity index (χ2n) is 7.34. The number of para-hydroxylation sites is 1. The first-order chi connectivity index (χ1) is 11.2. The first kappa shape index (κ1) is 13.2. The van der Waals surface area contributed by atoms with Gasteiger partial charge in [0.1, 0.15) is 11.3 Å². The molecular weight excluding hydrogens is 282 g/mol. The highest BCUT2D eigenvalue weighted by molar-refractivity contribution is 5.90. The lowest BCUT2D eigenvalue weighted by atomic mass is 9.62. The molecule has 1 aliphatic heterocycles. The van der Waals surface area contributed by atoms with Gasteiger partial charge in [0.05, 0.1) is 0 Å². The summed E-state index contributed by atoms with van der Waals surface area (Å²) >= 11 is 0. The Bertz CT molecular complexity index is 894. The predicted octanol–water partition coefficient (Wildman–Crippen LogP) is 5.93. The quantitative estimate of drug-likeness (QED) is 0.592. The largest absolute Gasteiger partial charge is 0.678 e. The van der Waals surface area contributed by atoms with E-state index in [-0.39, 0.29) is 17.4 Å². The Morgan fingerprint density at radius 2 is 1.96 bits per heavy atom. The Kier molecular flexibility index (Phi) is 2.54. The number of nitrogens with zero attached hydrogens (tertiary/aromatic N) is 1. The number of fused-ring (bicyclic) bond motifs is 6. The third-order valence-corrected chi connectivity index (χ3v) is 5.64. The molecule has 0 N–H and O–H groups in total. The molecule has 1 aromatic heterocycles. The zero-order chi connectivity index (χ0) is 15.6. The van der Waals surface area contributed by atoms with Crippen LogP contribution >= 0.6 is 0 Å². The van der Waals surface area contributed by atoms with Crippen LogP contribution < -0.4 is 0 Å². The van der Waals surface area contributed by atoms with Crippen molar-refractivity contribution in [3.8, 4) is 0 Å². The number of hydrogen-bond donors (Lipinski definition) is 0. The van der Waals surface area contributed by atoms with E-state index < -0.39 is 0 Å². The van der Waals surface area contributed by atoms with Crippen LogP contribution in [-0.2, 0) is 0 Å². The van der Waals surface area contributed by atoms with E-state index in [1.165, 1.54) is 22.2 Å². The highest BCUT2D eigenvalue weighted by atomic mass is 16.3. The first-order valence-electron chi connectivity index (χ1n) is 8.48. The van der Waals surface area contributed by atoms with E-state index in [9.17, 15) is 0 Å². The molecule has 2 nitrogen and oxygen atoms in total. The van der Waals surface area contributed by atoms with Gasteiger partial charge in [-0.2, -0.15) is 0 Å². The number of benzene rings is 1. The van der Waals surface area contributed by atoms with Crippen molar-refractivity contribution in [1.82, 2.24) is 0 Å². The molecule has 0 spiro atoms. The molecule has 3 aliphatic rings. The summed E-state index contributed by atoms with van der Waals surface area (Å²) in [4.78, 5) is 0. The Labute approximate surface area is 136 Å². The van der Waals surface area contributed by atoms with Crippen molar-refractivity contribution in [2.75, 3.05) is 0 Å². The van der Waals surface area contributed by atoms with Crippen LogP contribution in [-0.4, -0.2) is 6.04 Å². The van der Waals surface area contributed by atoms with E-state index in [0.29, 0.717) is 0 Å². The van der Waals surface area contributed by atoms with Crippen LogP contribution in [0.25, 0.3) is 22.4 Å². The molecule has 0 amide bonds. The molecule has 2 atom stereocenters. The molecule has 2 aliphatic carbocycles. The number of allylic oxidation sites excluding steroid dienone is 3. The monoisotopic (exact) mass is 302 g/mol. The van der Waals surface area contributed by atoms with Gasteiger partial charge in [-0.1, -0.05) is 68.0 Å². The third kappa shape index (κ3) is 1.69. The smallest absolute Gasteiger partial charge is 0.134 e. The van der Waals surface area contributed by atoms with Crippen LogP contribution in [0.3, 0.4) is 0 Å². The lowest BCUT2D eigenvalue weighted by molar-refractivity contribution is 0.283. The number of furan rings is 1. The summed E-state index contributed by atoms with van der Waals surface area (Å²) in [5, 5.41) is 6.25. The fourth-order valence-electron chi connectivity index (χ4n) is 4.53. The standard InChI is InChI=1S/C21H20NO/c1-21(2)15-8-4-5-9-16(15)22-17-12-11-14-13-7-3-6-10-18(13)23-20(14)19(17)21/h3,6-12,17,19H,4-5H2,1-2H3/q-1/t17-,19?/m0/s1. The van der Waals surface area contributed by atoms with Gasteiger partial charge in [0.15, 0.2) is 0 Å². The van der Waals surface area contributed by atoms with Crippen molar-refractivity contribution in [3.05, 3.63) is 70.4 Å². The molecule has 1 unspecified atom stereocenters. The van der Waals surface area contributed by atoms with Crippen molar-refractivity contribution < 1.29 is 4.42 Å². The second-order valence-corrected chi connectivity index (χ2v) is 7.34. The molecule has 2 heterocycles. The lowest BCUT2D eigenvalue weighted by Gasteiger charge is -2.56. The maximum Gasteiger partial charge on any atom is 0.134 e. The van der Waals surface area contributed by atoms with Gasteiger partial charge in [-0.15, -0.1) is 5.70 Å². The highest BCUT2D eigenvalue weighted by Crippen LogP contribution is 2.58. The Balaban J connectivity index is 1.74. The summed E-state index contributed by atoms with van der Waals surface area (Å²) in [7, 11) is 0. The highest BCUT2D eigenvalue weighted by Gasteiger charge is 2.43. The van der Waals surface area contributed by atoms with Crippen LogP contribution in [0.4, 0.5) is 0 Å². The molecule has 1 saturated heterocycles. The first-order valence-corrected chi connectivity index (χ1v) is 8.48. The Morgan fingerprint density at radius 1 is 1.13 bits per heavy atom. The molecule has 2 aromatic rings. The molecule has 1 aromatic carbocycles. The molecule has 0 bridgehead atoms. The number of piperidine rings is 1. The second kappa shape index (κ2) is 4.41. The van der Waals surface area contributed by atoms with Gasteiger partial charge in [0.2, 0.25) is 0 Å². The van der Waals surface area contributed by atoms with Gasteiger partial charge in [-0.25, -0.2) is 0 Å². The van der Waals surface area contributed by atoms with E-state index in [1.54, 1.807) is 0 Å². The van der Waals surface area contributed by atoms with Crippen LogP contribution in [0, 0.1) is 5.41 Å². The maximum atomic E-state index is 6.32. The SMILES string of the molecule is CC1(C)C2=CCCC=C2[N-][C@H]2C=Cc3c(oc4ccccc34)C21. The fraction of sp³-hybridized carbons (Fsp3) is 0.333. The van der Waals surface area contributed by atoms with Crippen LogP contribution in [0.1, 0.15) is 43.9 Å². The zero-order valence-electron chi connectivity index (χ0n) is 13.5. The molecule has 116 valence electrons. The van der Waals surface area contributed by atoms with Crippen molar-refractivity contribution in [3.63, 3.8) is 0 Å². The molecule has 0 radical (unpaired) electrons. The van der Waals surface area contributed by atoms with Gasteiger partial charge in [0.25, 0.3) is 0 Å². The molecular formula is C21H20NO-. The van der Waals surface area contributed by atoms with Crippen LogP contribution in [0.2, 0.25) is 0 Å². The summed E-state index contributed by atoms with van der Waals surface area (Å²) < 4.78 is 6.32. The van der Waals surface area contributed by atoms with Gasteiger partial charge in [-0.3, -0.25) is 0 Å². The number of rotatable bonds is 0. The summed E-state index contributed by atoms with van der Waals surface area (Å²) in [6.45, 7) is 4.70. The van der Waals surface area contributed by atoms with Gasteiger partial charge in [-0.05, 0) is 24.3 Å². The Morgan fingerprint density at radius 3 is 2.87 bits per heavy atom. The van der Waals surface area contributed by atoms with Crippen molar-refractivity contribution in [2.24, 2.45) is 5.41 Å². The summed E-state index contributed by atoms with van der Waals surface area (Å²) in [6, 6.07) is 8.52. The van der Waals surface area contributed by atoms with Gasteiger partial charge in [0, 0.05) is 16.9 Å². The normalized spacial score (nSPS) is 27.4. The summed E-state index contributed by atoms with van der Waals surface area (Å²) in [6.07, 6.45) is 11.4. The predicted molar refractivity (Wildman–Crippen MR) is 94.3 cm³/mol. The van der Waals surface area contributed by atoms with E-state index in [1.807, 2.05) is 6.07 Å². The molecule has 0 saturated carbocycles. The minimum atomic E-state index is 0.0338. The molecule has 23 heavy (non-hydrogen) atoms. The Hall–Kier alpha value is -2.22. The van der Waals surface area contributed by atoms with Crippen molar-refractivity contribution >= 4 is 17.0 Å².